The highest BCUT2D eigenvalue weighted by Crippen LogP contribution is 2.23. The standard InChI is InChI=1S/C56H108O6/c1-5-9-13-17-21-23-24-25-26-27-28-30-32-37-44-50-55(58)61-52(46-40-34-19-15-11-7-3)53(62-56(59)49-43-36-31-29-22-18-14-10-6-2)47-41-35-33-38-42-48-54(57)60-51-45-39-20-16-12-8-4/h52-53H,5-51H2,1-4H3. The smallest absolute Gasteiger partial charge is 0.306 e. The van der Waals surface area contributed by atoms with E-state index in [1.165, 1.54) is 180 Å². The summed E-state index contributed by atoms with van der Waals surface area (Å²) in [5, 5.41) is 0. The fraction of sp³-hybridized carbons (Fsp3) is 0.946. The minimum absolute atomic E-state index is 0.0683. The zero-order valence-electron chi connectivity index (χ0n) is 42.3. The van der Waals surface area contributed by atoms with Gasteiger partial charge in [0.2, 0.25) is 0 Å². The van der Waals surface area contributed by atoms with Crippen LogP contribution in [0.25, 0.3) is 0 Å². The highest BCUT2D eigenvalue weighted by Gasteiger charge is 2.28. The normalized spacial score (nSPS) is 12.4. The summed E-state index contributed by atoms with van der Waals surface area (Å²) in [6.07, 6.45) is 51.5. The average Bonchev–Trinajstić information content (AvgIpc) is 3.26. The molecule has 0 amide bonds. The SMILES string of the molecule is CCCCCCCCCCCCCCCCCC(=O)OC(CCCCCCCC)C(CCCCCCCC(=O)OCCCCCCCC)OC(=O)CCCCCCCCCCC. The first-order valence-electron chi connectivity index (χ1n) is 28.0. The minimum atomic E-state index is -0.390. The lowest BCUT2D eigenvalue weighted by molar-refractivity contribution is -0.169. The summed E-state index contributed by atoms with van der Waals surface area (Å²) in [6, 6.07) is 0. The predicted octanol–water partition coefficient (Wildman–Crippen LogP) is 18.4. The monoisotopic (exact) mass is 877 g/mol. The summed E-state index contributed by atoms with van der Waals surface area (Å²) >= 11 is 0. The Morgan fingerprint density at radius 1 is 0.274 bits per heavy atom. The van der Waals surface area contributed by atoms with E-state index in [-0.39, 0.29) is 24.0 Å². The molecule has 6 heteroatoms. The van der Waals surface area contributed by atoms with Gasteiger partial charge in [0.1, 0.15) is 12.2 Å². The van der Waals surface area contributed by atoms with Crippen LogP contribution in [0.15, 0.2) is 0 Å². The molecule has 0 heterocycles. The van der Waals surface area contributed by atoms with Crippen molar-refractivity contribution in [1.82, 2.24) is 0 Å². The minimum Gasteiger partial charge on any atom is -0.466 e. The van der Waals surface area contributed by atoms with E-state index in [4.69, 9.17) is 14.2 Å². The molecule has 0 fully saturated rings. The molecule has 0 spiro atoms. The number of esters is 3. The van der Waals surface area contributed by atoms with Gasteiger partial charge in [-0.1, -0.05) is 252 Å². The van der Waals surface area contributed by atoms with Gasteiger partial charge in [-0.05, 0) is 51.4 Å². The number of unbranched alkanes of at least 4 members (excludes halogenated alkanes) is 36. The second kappa shape index (κ2) is 50.4. The molecule has 2 atom stereocenters. The Morgan fingerprint density at radius 2 is 0.500 bits per heavy atom. The summed E-state index contributed by atoms with van der Waals surface area (Å²) in [5.74, 6) is -0.330. The highest BCUT2D eigenvalue weighted by atomic mass is 16.6. The van der Waals surface area contributed by atoms with Crippen molar-refractivity contribution in [2.75, 3.05) is 6.61 Å². The zero-order valence-corrected chi connectivity index (χ0v) is 42.3. The Labute approximate surface area is 387 Å². The van der Waals surface area contributed by atoms with Crippen LogP contribution in [0.5, 0.6) is 0 Å². The molecule has 0 aromatic rings. The Balaban J connectivity index is 4.97. The Hall–Kier alpha value is -1.59. The van der Waals surface area contributed by atoms with E-state index < -0.39 is 6.10 Å². The molecular weight excluding hydrogens is 769 g/mol. The highest BCUT2D eigenvalue weighted by molar-refractivity contribution is 5.70. The second-order valence-electron chi connectivity index (χ2n) is 19.2. The Kier molecular flexibility index (Phi) is 49.1. The first kappa shape index (κ1) is 60.4. The fourth-order valence-corrected chi connectivity index (χ4v) is 8.73. The van der Waals surface area contributed by atoms with Crippen LogP contribution in [-0.2, 0) is 28.6 Å². The van der Waals surface area contributed by atoms with E-state index in [0.29, 0.717) is 25.9 Å². The van der Waals surface area contributed by atoms with Crippen LogP contribution in [-0.4, -0.2) is 36.7 Å². The quantitative estimate of drug-likeness (QED) is 0.0344. The number of hydrogen-bond donors (Lipinski definition) is 0. The van der Waals surface area contributed by atoms with Crippen LogP contribution in [0.1, 0.15) is 323 Å². The van der Waals surface area contributed by atoms with Crippen molar-refractivity contribution in [1.29, 1.82) is 0 Å². The fourth-order valence-electron chi connectivity index (χ4n) is 8.73. The molecule has 0 aliphatic carbocycles. The summed E-state index contributed by atoms with van der Waals surface area (Å²) < 4.78 is 18.0. The van der Waals surface area contributed by atoms with Gasteiger partial charge in [-0.25, -0.2) is 0 Å². The van der Waals surface area contributed by atoms with Crippen molar-refractivity contribution in [3.05, 3.63) is 0 Å². The molecule has 0 aliphatic heterocycles. The molecule has 0 N–H and O–H groups in total. The van der Waals surface area contributed by atoms with Gasteiger partial charge in [-0.2, -0.15) is 0 Å². The zero-order chi connectivity index (χ0) is 45.2. The van der Waals surface area contributed by atoms with Crippen molar-refractivity contribution in [3.8, 4) is 0 Å². The van der Waals surface area contributed by atoms with Crippen LogP contribution in [0.2, 0.25) is 0 Å². The van der Waals surface area contributed by atoms with Crippen LogP contribution in [0.3, 0.4) is 0 Å². The molecule has 0 rings (SSSR count). The van der Waals surface area contributed by atoms with Gasteiger partial charge >= 0.3 is 17.9 Å². The topological polar surface area (TPSA) is 78.9 Å². The molecule has 0 bridgehead atoms. The van der Waals surface area contributed by atoms with Crippen molar-refractivity contribution in [2.45, 2.75) is 335 Å². The molecule has 62 heavy (non-hydrogen) atoms. The maximum Gasteiger partial charge on any atom is 0.306 e. The molecule has 0 radical (unpaired) electrons. The molecule has 0 aliphatic rings. The van der Waals surface area contributed by atoms with Gasteiger partial charge in [0, 0.05) is 19.3 Å². The Bertz CT molecular complexity index is 935. The second-order valence-corrected chi connectivity index (χ2v) is 19.2. The first-order chi connectivity index (χ1) is 30.5. The molecule has 368 valence electrons. The van der Waals surface area contributed by atoms with Crippen LogP contribution in [0, 0.1) is 0 Å². The third kappa shape index (κ3) is 45.0. The van der Waals surface area contributed by atoms with Gasteiger partial charge in [0.25, 0.3) is 0 Å². The number of rotatable bonds is 51. The van der Waals surface area contributed by atoms with Gasteiger partial charge in [-0.3, -0.25) is 14.4 Å². The van der Waals surface area contributed by atoms with Crippen molar-refractivity contribution < 1.29 is 28.6 Å². The first-order valence-corrected chi connectivity index (χ1v) is 28.0. The van der Waals surface area contributed by atoms with E-state index in [1.54, 1.807) is 0 Å². The summed E-state index contributed by atoms with van der Waals surface area (Å²) in [7, 11) is 0. The summed E-state index contributed by atoms with van der Waals surface area (Å²) in [4.78, 5) is 38.9. The van der Waals surface area contributed by atoms with Crippen LogP contribution < -0.4 is 0 Å². The third-order valence-corrected chi connectivity index (χ3v) is 12.9. The van der Waals surface area contributed by atoms with E-state index in [9.17, 15) is 14.4 Å². The number of ether oxygens (including phenoxy) is 3. The molecule has 6 nitrogen and oxygen atoms in total. The summed E-state index contributed by atoms with van der Waals surface area (Å²) in [6.45, 7) is 9.56. The van der Waals surface area contributed by atoms with Crippen molar-refractivity contribution in [2.24, 2.45) is 0 Å². The van der Waals surface area contributed by atoms with Gasteiger partial charge < -0.3 is 14.2 Å². The Morgan fingerprint density at radius 3 is 0.790 bits per heavy atom. The lowest BCUT2D eigenvalue weighted by atomic mass is 9.98. The molecule has 2 unspecified atom stereocenters. The molecule has 0 saturated carbocycles. The average molecular weight is 877 g/mol. The largest absolute Gasteiger partial charge is 0.466 e. The van der Waals surface area contributed by atoms with E-state index in [0.717, 1.165) is 96.3 Å². The maximum absolute atomic E-state index is 13.3. The number of carbonyl (C=O) groups excluding carboxylic acids is 3. The van der Waals surface area contributed by atoms with Gasteiger partial charge in [0.15, 0.2) is 0 Å². The maximum atomic E-state index is 13.3. The number of carbonyl (C=O) groups is 3. The van der Waals surface area contributed by atoms with Crippen molar-refractivity contribution >= 4 is 17.9 Å². The van der Waals surface area contributed by atoms with Gasteiger partial charge in [-0.15, -0.1) is 0 Å². The summed E-state index contributed by atoms with van der Waals surface area (Å²) in [5.41, 5.74) is 0. The lowest BCUT2D eigenvalue weighted by Crippen LogP contribution is -2.35. The molecule has 0 aromatic carbocycles. The number of hydrogen-bond acceptors (Lipinski definition) is 6. The lowest BCUT2D eigenvalue weighted by Gasteiger charge is -2.27. The van der Waals surface area contributed by atoms with Crippen molar-refractivity contribution in [3.63, 3.8) is 0 Å². The van der Waals surface area contributed by atoms with Crippen LogP contribution >= 0.6 is 0 Å². The van der Waals surface area contributed by atoms with Crippen LogP contribution in [0.4, 0.5) is 0 Å². The predicted molar refractivity (Wildman–Crippen MR) is 266 cm³/mol. The van der Waals surface area contributed by atoms with E-state index in [2.05, 4.69) is 27.7 Å². The van der Waals surface area contributed by atoms with Gasteiger partial charge in [0.05, 0.1) is 6.61 Å². The van der Waals surface area contributed by atoms with E-state index >= 15 is 0 Å². The molecule has 0 saturated heterocycles. The third-order valence-electron chi connectivity index (χ3n) is 12.9. The molecule has 0 aromatic heterocycles. The molecular formula is C56H108O6. The van der Waals surface area contributed by atoms with E-state index in [1.807, 2.05) is 0 Å².